The third kappa shape index (κ3) is 4.87. The Hall–Kier alpha value is -4.20. The molecule has 1 saturated carbocycles. The van der Waals surface area contributed by atoms with E-state index in [1.807, 2.05) is 20.8 Å². The highest BCUT2D eigenvalue weighted by molar-refractivity contribution is 5.90. The molecule has 1 aliphatic carbocycles. The number of benzene rings is 1. The molecule has 0 spiro atoms. The fourth-order valence-electron chi connectivity index (χ4n) is 5.51. The van der Waals surface area contributed by atoms with Gasteiger partial charge in [0.2, 0.25) is 5.91 Å². The van der Waals surface area contributed by atoms with E-state index in [4.69, 9.17) is 9.47 Å². The molecule has 5 rings (SSSR count). The van der Waals surface area contributed by atoms with E-state index >= 15 is 4.39 Å². The maximum Gasteiger partial charge on any atom is 0.414 e. The van der Waals surface area contributed by atoms with Gasteiger partial charge in [0.1, 0.15) is 22.9 Å². The van der Waals surface area contributed by atoms with Gasteiger partial charge < -0.3 is 19.7 Å². The summed E-state index contributed by atoms with van der Waals surface area (Å²) in [5.74, 6) is -0.822. The number of anilines is 1. The maximum atomic E-state index is 15.1. The summed E-state index contributed by atoms with van der Waals surface area (Å²) in [6.07, 6.45) is 0.0333. The molecule has 2 saturated heterocycles. The van der Waals surface area contributed by atoms with E-state index in [2.05, 4.69) is 16.4 Å². The number of pyridine rings is 1. The van der Waals surface area contributed by atoms with E-state index in [1.165, 1.54) is 17.9 Å². The number of likely N-dealkylation sites (tertiary alicyclic amines) is 1. The standard InChI is InChI=1S/C28H30FN5O5/c1-16(35)31-11-19-12-34(26(37)38-19)18-6-7-20(23(29)9-18)17-5-8-24(32-10-17)28(15-30)21-13-33(14-22(21)28)25(36)39-27(2,3)4/h5-10,19,21-22H,11-14H2,1-4H3,(H,31,35)/t19-,21-,22+,28?/m0/s1. The van der Waals surface area contributed by atoms with E-state index in [9.17, 15) is 19.6 Å². The fourth-order valence-corrected chi connectivity index (χ4v) is 5.51. The van der Waals surface area contributed by atoms with Crippen LogP contribution in [0, 0.1) is 29.0 Å². The van der Waals surface area contributed by atoms with Crippen LogP contribution >= 0.6 is 0 Å². The van der Waals surface area contributed by atoms with Gasteiger partial charge in [-0.15, -0.1) is 0 Å². The normalized spacial score (nSPS) is 25.5. The van der Waals surface area contributed by atoms with Crippen molar-refractivity contribution in [2.45, 2.75) is 44.8 Å². The first-order chi connectivity index (χ1) is 18.4. The minimum Gasteiger partial charge on any atom is -0.444 e. The van der Waals surface area contributed by atoms with Crippen molar-refractivity contribution >= 4 is 23.8 Å². The van der Waals surface area contributed by atoms with E-state index < -0.39 is 29.0 Å². The molecule has 1 unspecified atom stereocenters. The van der Waals surface area contributed by atoms with E-state index in [0.29, 0.717) is 35.6 Å². The number of ether oxygens (including phenoxy) is 2. The number of hydrogen-bond donors (Lipinski definition) is 1. The third-order valence-corrected chi connectivity index (χ3v) is 7.43. The number of piperidine rings is 1. The van der Waals surface area contributed by atoms with Crippen molar-refractivity contribution in [2.24, 2.45) is 11.8 Å². The topological polar surface area (TPSA) is 125 Å². The van der Waals surface area contributed by atoms with Gasteiger partial charge in [-0.25, -0.2) is 14.0 Å². The van der Waals surface area contributed by atoms with Gasteiger partial charge in [0.15, 0.2) is 0 Å². The average Bonchev–Trinajstić information content (AvgIpc) is 3.15. The summed E-state index contributed by atoms with van der Waals surface area (Å²) in [5, 5.41) is 12.7. The minimum absolute atomic E-state index is 0.0286. The van der Waals surface area contributed by atoms with Crippen molar-refractivity contribution in [3.8, 4) is 17.2 Å². The van der Waals surface area contributed by atoms with Crippen molar-refractivity contribution in [2.75, 3.05) is 31.1 Å². The van der Waals surface area contributed by atoms with Crippen LogP contribution in [0.3, 0.4) is 0 Å². The van der Waals surface area contributed by atoms with Gasteiger partial charge in [0, 0.05) is 49.2 Å². The number of nitrogens with one attached hydrogen (secondary N) is 1. The molecule has 11 heteroatoms. The van der Waals surface area contributed by atoms with E-state index in [-0.39, 0.29) is 36.9 Å². The van der Waals surface area contributed by atoms with E-state index in [1.54, 1.807) is 35.4 Å². The number of cyclic esters (lactones) is 1. The lowest BCUT2D eigenvalue weighted by molar-refractivity contribution is -0.119. The number of hydrogen-bond acceptors (Lipinski definition) is 7. The van der Waals surface area contributed by atoms with Crippen LogP contribution in [0.1, 0.15) is 33.4 Å². The molecule has 1 N–H and O–H groups in total. The molecule has 2 aliphatic heterocycles. The summed E-state index contributed by atoms with van der Waals surface area (Å²) >= 11 is 0. The number of halogens is 1. The molecule has 3 aliphatic rings. The van der Waals surface area contributed by atoms with Crippen molar-refractivity contribution in [3.05, 3.63) is 48.0 Å². The molecule has 204 valence electrons. The monoisotopic (exact) mass is 535 g/mol. The Morgan fingerprint density at radius 2 is 1.95 bits per heavy atom. The summed E-state index contributed by atoms with van der Waals surface area (Å²) < 4.78 is 25.8. The predicted molar refractivity (Wildman–Crippen MR) is 138 cm³/mol. The van der Waals surface area contributed by atoms with Gasteiger partial charge >= 0.3 is 12.2 Å². The molecule has 2 aromatic rings. The highest BCUT2D eigenvalue weighted by atomic mass is 19.1. The van der Waals surface area contributed by atoms with Gasteiger partial charge in [-0.2, -0.15) is 5.26 Å². The lowest BCUT2D eigenvalue weighted by atomic mass is 9.95. The van der Waals surface area contributed by atoms with Crippen LogP contribution in [0.2, 0.25) is 0 Å². The molecule has 39 heavy (non-hydrogen) atoms. The Balaban J connectivity index is 1.26. The molecular weight excluding hydrogens is 505 g/mol. The molecule has 0 bridgehead atoms. The zero-order chi connectivity index (χ0) is 28.1. The van der Waals surface area contributed by atoms with Gasteiger partial charge in [-0.1, -0.05) is 6.07 Å². The molecule has 1 aromatic heterocycles. The van der Waals surface area contributed by atoms with Crippen LogP contribution in [-0.2, 0) is 19.7 Å². The van der Waals surface area contributed by atoms with Gasteiger partial charge in [0.25, 0.3) is 0 Å². The second-order valence-corrected chi connectivity index (χ2v) is 11.2. The Bertz CT molecular complexity index is 1350. The maximum absolute atomic E-state index is 15.1. The van der Waals surface area contributed by atoms with Crippen molar-refractivity contribution in [3.63, 3.8) is 0 Å². The number of nitrogens with zero attached hydrogens (tertiary/aromatic N) is 4. The number of amides is 3. The number of aromatic nitrogens is 1. The second-order valence-electron chi connectivity index (χ2n) is 11.2. The van der Waals surface area contributed by atoms with Gasteiger partial charge in [0.05, 0.1) is 30.5 Å². The summed E-state index contributed by atoms with van der Waals surface area (Å²) in [7, 11) is 0. The Labute approximate surface area is 225 Å². The Kier molecular flexibility index (Phi) is 6.45. The molecule has 4 atom stereocenters. The van der Waals surface area contributed by atoms with Crippen LogP contribution in [0.15, 0.2) is 36.5 Å². The van der Waals surface area contributed by atoms with Crippen LogP contribution in [0.25, 0.3) is 11.1 Å². The first kappa shape index (κ1) is 26.4. The summed E-state index contributed by atoms with van der Waals surface area (Å²) in [6, 6.07) is 10.4. The van der Waals surface area contributed by atoms with Crippen LogP contribution in [-0.4, -0.2) is 65.9 Å². The van der Waals surface area contributed by atoms with E-state index in [0.717, 1.165) is 0 Å². The minimum atomic E-state index is -0.774. The van der Waals surface area contributed by atoms with Crippen LogP contribution < -0.4 is 10.2 Å². The molecule has 1 aromatic carbocycles. The first-order valence-corrected chi connectivity index (χ1v) is 12.8. The largest absolute Gasteiger partial charge is 0.444 e. The molecule has 0 radical (unpaired) electrons. The quantitative estimate of drug-likeness (QED) is 0.620. The number of nitriles is 1. The lowest BCUT2D eigenvalue weighted by Gasteiger charge is -2.27. The van der Waals surface area contributed by atoms with Crippen molar-refractivity contribution in [1.82, 2.24) is 15.2 Å². The van der Waals surface area contributed by atoms with Crippen molar-refractivity contribution in [1.29, 1.82) is 5.26 Å². The highest BCUT2D eigenvalue weighted by Gasteiger charge is 2.71. The SMILES string of the molecule is CC(=O)NC[C@H]1CN(c2ccc(-c3ccc(C4(C#N)[C@@H]5CN(C(=O)OC(C)(C)C)C[C@@H]54)nc3)c(F)c2)C(=O)O1. The lowest BCUT2D eigenvalue weighted by Crippen LogP contribution is -2.39. The third-order valence-electron chi connectivity index (χ3n) is 7.43. The zero-order valence-electron chi connectivity index (χ0n) is 22.2. The van der Waals surface area contributed by atoms with Crippen LogP contribution in [0.5, 0.6) is 0 Å². The summed E-state index contributed by atoms with van der Waals surface area (Å²) in [4.78, 5) is 43.3. The molecular formula is C28H30FN5O5. The Morgan fingerprint density at radius 1 is 1.23 bits per heavy atom. The van der Waals surface area contributed by atoms with Crippen molar-refractivity contribution < 1.29 is 28.2 Å². The summed E-state index contributed by atoms with van der Waals surface area (Å²) in [6.45, 7) is 8.05. The smallest absolute Gasteiger partial charge is 0.414 e. The van der Waals surface area contributed by atoms with Gasteiger partial charge in [-0.3, -0.25) is 14.7 Å². The number of fused-ring (bicyclic) bond motifs is 1. The fraction of sp³-hybridized carbons (Fsp3) is 0.464. The molecule has 3 fully saturated rings. The average molecular weight is 536 g/mol. The van der Waals surface area contributed by atoms with Gasteiger partial charge in [-0.05, 0) is 45.0 Å². The molecule has 10 nitrogen and oxygen atoms in total. The highest BCUT2D eigenvalue weighted by Crippen LogP contribution is 2.62. The predicted octanol–water partition coefficient (Wildman–Crippen LogP) is 3.61. The number of carbonyl (C=O) groups excluding carboxylic acids is 3. The Morgan fingerprint density at radius 3 is 2.51 bits per heavy atom. The number of carbonyl (C=O) groups is 3. The molecule has 3 heterocycles. The second kappa shape index (κ2) is 9.52. The van der Waals surface area contributed by atoms with Crippen LogP contribution in [0.4, 0.5) is 19.7 Å². The number of rotatable bonds is 5. The molecule has 3 amide bonds. The zero-order valence-corrected chi connectivity index (χ0v) is 22.2. The first-order valence-electron chi connectivity index (χ1n) is 12.8. The summed E-state index contributed by atoms with van der Waals surface area (Å²) in [5.41, 5.74) is 0.427.